The summed E-state index contributed by atoms with van der Waals surface area (Å²) in [6.45, 7) is 6.03. The molecule has 0 spiro atoms. The molecule has 1 rings (SSSR count). The van der Waals surface area contributed by atoms with Crippen LogP contribution >= 0.6 is 0 Å². The Morgan fingerprint density at radius 1 is 1.44 bits per heavy atom. The summed E-state index contributed by atoms with van der Waals surface area (Å²) in [7, 11) is 0. The second kappa shape index (κ2) is 6.50. The standard InChI is InChI=1S/C14H21FN2O/c1-9-8-13(15)5-4-12(9)6-7-17-14(18)10(2)11(3)16/h4-5,8,10-11H,6-7,16H2,1-3H3,(H,17,18). The van der Waals surface area contributed by atoms with Gasteiger partial charge < -0.3 is 11.1 Å². The number of hydrogen-bond donors (Lipinski definition) is 2. The van der Waals surface area contributed by atoms with Gasteiger partial charge in [-0.2, -0.15) is 0 Å². The molecule has 0 fully saturated rings. The van der Waals surface area contributed by atoms with Crippen LogP contribution in [0.3, 0.4) is 0 Å². The number of halogens is 1. The number of amides is 1. The number of carbonyl (C=O) groups is 1. The minimum Gasteiger partial charge on any atom is -0.355 e. The van der Waals surface area contributed by atoms with Gasteiger partial charge in [0, 0.05) is 18.5 Å². The second-order valence-electron chi connectivity index (χ2n) is 4.76. The van der Waals surface area contributed by atoms with E-state index in [2.05, 4.69) is 5.32 Å². The van der Waals surface area contributed by atoms with Gasteiger partial charge in [-0.05, 0) is 43.5 Å². The van der Waals surface area contributed by atoms with Crippen molar-refractivity contribution in [2.75, 3.05) is 6.54 Å². The van der Waals surface area contributed by atoms with Gasteiger partial charge in [0.1, 0.15) is 5.82 Å². The maximum atomic E-state index is 12.9. The molecule has 18 heavy (non-hydrogen) atoms. The maximum absolute atomic E-state index is 12.9. The van der Waals surface area contributed by atoms with Crippen LogP contribution in [-0.2, 0) is 11.2 Å². The first-order valence-corrected chi connectivity index (χ1v) is 6.20. The lowest BCUT2D eigenvalue weighted by Crippen LogP contribution is -2.39. The highest BCUT2D eigenvalue weighted by Crippen LogP contribution is 2.10. The summed E-state index contributed by atoms with van der Waals surface area (Å²) in [5.41, 5.74) is 7.61. The summed E-state index contributed by atoms with van der Waals surface area (Å²) in [6, 6.07) is 4.54. The van der Waals surface area contributed by atoms with E-state index in [1.54, 1.807) is 6.07 Å². The smallest absolute Gasteiger partial charge is 0.224 e. The molecule has 0 aliphatic rings. The van der Waals surface area contributed by atoms with Crippen LogP contribution < -0.4 is 11.1 Å². The highest BCUT2D eigenvalue weighted by atomic mass is 19.1. The Hall–Kier alpha value is -1.42. The summed E-state index contributed by atoms with van der Waals surface area (Å²) < 4.78 is 12.9. The maximum Gasteiger partial charge on any atom is 0.224 e. The quantitative estimate of drug-likeness (QED) is 0.839. The van der Waals surface area contributed by atoms with Crippen molar-refractivity contribution in [1.82, 2.24) is 5.32 Å². The zero-order chi connectivity index (χ0) is 13.7. The van der Waals surface area contributed by atoms with Crippen molar-refractivity contribution in [3.05, 3.63) is 35.1 Å². The molecule has 0 aliphatic heterocycles. The first-order chi connectivity index (χ1) is 8.41. The number of aryl methyl sites for hydroxylation is 1. The third kappa shape index (κ3) is 4.11. The van der Waals surface area contributed by atoms with Gasteiger partial charge in [-0.1, -0.05) is 13.0 Å². The summed E-state index contributed by atoms with van der Waals surface area (Å²) in [5, 5.41) is 2.84. The number of carbonyl (C=O) groups excluding carboxylic acids is 1. The van der Waals surface area contributed by atoms with E-state index in [4.69, 9.17) is 5.73 Å². The lowest BCUT2D eigenvalue weighted by atomic mass is 10.0. The van der Waals surface area contributed by atoms with E-state index in [-0.39, 0.29) is 23.7 Å². The molecule has 0 radical (unpaired) electrons. The predicted molar refractivity (Wildman–Crippen MR) is 70.7 cm³/mol. The zero-order valence-corrected chi connectivity index (χ0v) is 11.2. The Kier molecular flexibility index (Phi) is 5.28. The lowest BCUT2D eigenvalue weighted by molar-refractivity contribution is -0.124. The molecular weight excluding hydrogens is 231 g/mol. The number of benzene rings is 1. The van der Waals surface area contributed by atoms with Crippen molar-refractivity contribution in [3.63, 3.8) is 0 Å². The van der Waals surface area contributed by atoms with Crippen LogP contribution in [0, 0.1) is 18.7 Å². The summed E-state index contributed by atoms with van der Waals surface area (Å²) in [5.74, 6) is -0.463. The number of rotatable bonds is 5. The van der Waals surface area contributed by atoms with Crippen molar-refractivity contribution in [3.8, 4) is 0 Å². The van der Waals surface area contributed by atoms with Gasteiger partial charge in [0.2, 0.25) is 5.91 Å². The Morgan fingerprint density at radius 2 is 2.11 bits per heavy atom. The normalized spacial score (nSPS) is 14.1. The Bertz CT molecular complexity index is 418. The van der Waals surface area contributed by atoms with Crippen LogP contribution in [0.25, 0.3) is 0 Å². The van der Waals surface area contributed by atoms with Crippen molar-refractivity contribution in [1.29, 1.82) is 0 Å². The third-order valence-electron chi connectivity index (χ3n) is 3.20. The van der Waals surface area contributed by atoms with Crippen LogP contribution in [0.1, 0.15) is 25.0 Å². The van der Waals surface area contributed by atoms with Crippen molar-refractivity contribution >= 4 is 5.91 Å². The van der Waals surface area contributed by atoms with E-state index < -0.39 is 0 Å². The number of nitrogens with two attached hydrogens (primary N) is 1. The topological polar surface area (TPSA) is 55.1 Å². The molecule has 1 amide bonds. The van der Waals surface area contributed by atoms with Crippen molar-refractivity contribution in [2.45, 2.75) is 33.2 Å². The fraction of sp³-hybridized carbons (Fsp3) is 0.500. The molecule has 3 nitrogen and oxygen atoms in total. The molecule has 0 aliphatic carbocycles. The van der Waals surface area contributed by atoms with E-state index >= 15 is 0 Å². The Morgan fingerprint density at radius 3 is 2.67 bits per heavy atom. The first kappa shape index (κ1) is 14.6. The highest BCUT2D eigenvalue weighted by molar-refractivity contribution is 5.78. The molecule has 0 bridgehead atoms. The first-order valence-electron chi connectivity index (χ1n) is 6.20. The van der Waals surface area contributed by atoms with Crippen LogP contribution in [0.2, 0.25) is 0 Å². The van der Waals surface area contributed by atoms with E-state index in [1.807, 2.05) is 20.8 Å². The molecule has 0 saturated carbocycles. The van der Waals surface area contributed by atoms with E-state index in [9.17, 15) is 9.18 Å². The summed E-state index contributed by atoms with van der Waals surface area (Å²) >= 11 is 0. The minimum atomic E-state index is -0.231. The molecular formula is C14H21FN2O. The van der Waals surface area contributed by atoms with Gasteiger partial charge in [-0.25, -0.2) is 4.39 Å². The summed E-state index contributed by atoms with van der Waals surface area (Å²) in [4.78, 5) is 11.7. The van der Waals surface area contributed by atoms with Crippen molar-refractivity contribution in [2.24, 2.45) is 11.7 Å². The Labute approximate surface area is 108 Å². The van der Waals surface area contributed by atoms with Gasteiger partial charge >= 0.3 is 0 Å². The highest BCUT2D eigenvalue weighted by Gasteiger charge is 2.16. The molecule has 2 atom stereocenters. The minimum absolute atomic E-state index is 0.0373. The van der Waals surface area contributed by atoms with Crippen LogP contribution in [-0.4, -0.2) is 18.5 Å². The summed E-state index contributed by atoms with van der Waals surface area (Å²) in [6.07, 6.45) is 0.698. The molecule has 1 aromatic carbocycles. The monoisotopic (exact) mass is 252 g/mol. The molecule has 0 aromatic heterocycles. The van der Waals surface area contributed by atoms with Gasteiger partial charge in [0.25, 0.3) is 0 Å². The molecule has 1 aromatic rings. The molecule has 100 valence electrons. The van der Waals surface area contributed by atoms with Crippen LogP contribution in [0.15, 0.2) is 18.2 Å². The SMILES string of the molecule is Cc1cc(F)ccc1CCNC(=O)C(C)C(C)N. The van der Waals surface area contributed by atoms with Gasteiger partial charge in [-0.15, -0.1) is 0 Å². The molecule has 3 N–H and O–H groups in total. The molecule has 4 heteroatoms. The van der Waals surface area contributed by atoms with Gasteiger partial charge in [-0.3, -0.25) is 4.79 Å². The Balaban J connectivity index is 2.44. The largest absolute Gasteiger partial charge is 0.355 e. The van der Waals surface area contributed by atoms with E-state index in [1.165, 1.54) is 12.1 Å². The lowest BCUT2D eigenvalue weighted by Gasteiger charge is -2.15. The average molecular weight is 252 g/mol. The second-order valence-corrected chi connectivity index (χ2v) is 4.76. The van der Waals surface area contributed by atoms with Gasteiger partial charge in [0.15, 0.2) is 0 Å². The third-order valence-corrected chi connectivity index (χ3v) is 3.20. The molecule has 2 unspecified atom stereocenters. The van der Waals surface area contributed by atoms with E-state index in [0.29, 0.717) is 13.0 Å². The average Bonchev–Trinajstić information content (AvgIpc) is 2.30. The zero-order valence-electron chi connectivity index (χ0n) is 11.2. The van der Waals surface area contributed by atoms with Crippen molar-refractivity contribution < 1.29 is 9.18 Å². The molecule has 0 saturated heterocycles. The molecule has 0 heterocycles. The number of hydrogen-bond acceptors (Lipinski definition) is 2. The predicted octanol–water partition coefficient (Wildman–Crippen LogP) is 1.78. The fourth-order valence-corrected chi connectivity index (χ4v) is 1.66. The fourth-order valence-electron chi connectivity index (χ4n) is 1.66. The van der Waals surface area contributed by atoms with E-state index in [0.717, 1.165) is 11.1 Å². The van der Waals surface area contributed by atoms with Gasteiger partial charge in [0.05, 0.1) is 0 Å². The van der Waals surface area contributed by atoms with Crippen LogP contribution in [0.5, 0.6) is 0 Å². The number of nitrogens with one attached hydrogen (secondary N) is 1. The van der Waals surface area contributed by atoms with Crippen LogP contribution in [0.4, 0.5) is 4.39 Å².